The first-order chi connectivity index (χ1) is 20.4. The third kappa shape index (κ3) is 5.42. The van der Waals surface area contributed by atoms with E-state index in [1.54, 1.807) is 34.9 Å². The average molecular weight is 576 g/mol. The van der Waals surface area contributed by atoms with Crippen LogP contribution in [0, 0.1) is 0 Å². The highest BCUT2D eigenvalue weighted by atomic mass is 32.2. The van der Waals surface area contributed by atoms with Crippen LogP contribution in [-0.2, 0) is 27.4 Å². The number of para-hydroxylation sites is 1. The smallest absolute Gasteiger partial charge is 0.337 e. The molecule has 9 heteroatoms. The summed E-state index contributed by atoms with van der Waals surface area (Å²) in [6.45, 7) is 0.214. The summed E-state index contributed by atoms with van der Waals surface area (Å²) in [7, 11) is 1.31. The number of ether oxygens (including phenoxy) is 1. The number of anilines is 1. The van der Waals surface area contributed by atoms with Gasteiger partial charge in [0.1, 0.15) is 6.54 Å². The van der Waals surface area contributed by atoms with Crippen molar-refractivity contribution in [2.75, 3.05) is 12.4 Å². The molecule has 1 saturated heterocycles. The van der Waals surface area contributed by atoms with Crippen LogP contribution in [0.1, 0.15) is 21.5 Å². The van der Waals surface area contributed by atoms with E-state index in [-0.39, 0.29) is 30.1 Å². The number of carbonyl (C=O) groups excluding carboxylic acids is 4. The minimum atomic E-state index is -0.453. The average Bonchev–Trinajstić information content (AvgIpc) is 3.48. The molecule has 1 aliphatic heterocycles. The van der Waals surface area contributed by atoms with E-state index in [0.717, 1.165) is 44.6 Å². The third-order valence-electron chi connectivity index (χ3n) is 7.04. The summed E-state index contributed by atoms with van der Waals surface area (Å²) in [6, 6.07) is 27.9. The van der Waals surface area contributed by atoms with Crippen LogP contribution in [0.25, 0.3) is 27.8 Å². The maximum Gasteiger partial charge on any atom is 0.337 e. The molecule has 4 aromatic carbocycles. The first-order valence-corrected chi connectivity index (χ1v) is 14.0. The van der Waals surface area contributed by atoms with E-state index in [4.69, 9.17) is 4.74 Å². The molecule has 1 aliphatic rings. The van der Waals surface area contributed by atoms with Gasteiger partial charge in [0.15, 0.2) is 0 Å². The fourth-order valence-corrected chi connectivity index (χ4v) is 5.81. The quantitative estimate of drug-likeness (QED) is 0.177. The lowest BCUT2D eigenvalue weighted by Gasteiger charge is -2.13. The second kappa shape index (κ2) is 11.4. The van der Waals surface area contributed by atoms with E-state index in [1.807, 2.05) is 72.9 Å². The molecule has 8 nitrogen and oxygen atoms in total. The summed E-state index contributed by atoms with van der Waals surface area (Å²) in [4.78, 5) is 52.3. The molecule has 42 heavy (non-hydrogen) atoms. The van der Waals surface area contributed by atoms with E-state index in [1.165, 1.54) is 12.0 Å². The normalized spacial score (nSPS) is 14.2. The van der Waals surface area contributed by atoms with Gasteiger partial charge in [0.25, 0.3) is 11.1 Å². The van der Waals surface area contributed by atoms with Gasteiger partial charge in [-0.2, -0.15) is 0 Å². The Morgan fingerprint density at radius 2 is 1.64 bits per heavy atom. The van der Waals surface area contributed by atoms with Gasteiger partial charge >= 0.3 is 5.97 Å². The Hall–Kier alpha value is -5.15. The molecule has 0 unspecified atom stereocenters. The number of methoxy groups -OCH3 is 1. The number of hydrogen-bond acceptors (Lipinski definition) is 6. The van der Waals surface area contributed by atoms with Crippen LogP contribution < -0.4 is 5.32 Å². The van der Waals surface area contributed by atoms with Crippen LogP contribution in [0.4, 0.5) is 10.5 Å². The maximum atomic E-state index is 13.3. The van der Waals surface area contributed by atoms with Crippen LogP contribution in [0.15, 0.2) is 102 Å². The Balaban J connectivity index is 1.21. The first-order valence-electron chi connectivity index (χ1n) is 13.2. The first kappa shape index (κ1) is 27.0. The molecule has 0 atom stereocenters. The van der Waals surface area contributed by atoms with Gasteiger partial charge in [-0.05, 0) is 70.6 Å². The highest BCUT2D eigenvalue weighted by Gasteiger charge is 2.35. The lowest BCUT2D eigenvalue weighted by molar-refractivity contribution is -0.123. The van der Waals surface area contributed by atoms with Gasteiger partial charge < -0.3 is 14.6 Å². The van der Waals surface area contributed by atoms with Crippen LogP contribution in [0.2, 0.25) is 0 Å². The number of amides is 3. The molecule has 2 heterocycles. The zero-order valence-corrected chi connectivity index (χ0v) is 23.4. The van der Waals surface area contributed by atoms with E-state index < -0.39 is 5.97 Å². The Morgan fingerprint density at radius 3 is 2.43 bits per heavy atom. The van der Waals surface area contributed by atoms with Crippen molar-refractivity contribution in [2.24, 2.45) is 0 Å². The second-order valence-electron chi connectivity index (χ2n) is 9.80. The van der Waals surface area contributed by atoms with E-state index in [2.05, 4.69) is 5.32 Å². The molecule has 1 aromatic heterocycles. The fourth-order valence-electron chi connectivity index (χ4n) is 4.98. The van der Waals surface area contributed by atoms with Gasteiger partial charge in [0, 0.05) is 28.4 Å². The van der Waals surface area contributed by atoms with Gasteiger partial charge in [0.05, 0.1) is 24.1 Å². The summed E-state index contributed by atoms with van der Waals surface area (Å²) in [5.74, 6) is -1.06. The molecule has 0 saturated carbocycles. The minimum Gasteiger partial charge on any atom is -0.465 e. The van der Waals surface area contributed by atoms with Gasteiger partial charge in [0.2, 0.25) is 5.91 Å². The van der Waals surface area contributed by atoms with Crippen LogP contribution in [0.5, 0.6) is 0 Å². The van der Waals surface area contributed by atoms with Crippen molar-refractivity contribution < 1.29 is 23.9 Å². The monoisotopic (exact) mass is 575 g/mol. The number of imide groups is 1. The molecular weight excluding hydrogens is 550 g/mol. The van der Waals surface area contributed by atoms with Crippen molar-refractivity contribution in [3.8, 4) is 0 Å². The number of aromatic nitrogens is 1. The second-order valence-corrected chi connectivity index (χ2v) is 10.8. The van der Waals surface area contributed by atoms with Crippen LogP contribution >= 0.6 is 11.8 Å². The standard InChI is InChI=1S/C33H25N3O5S/c1-41-32(39)23-12-14-26(15-13-23)34-30(37)20-35-19-25(27-8-4-5-9-28(27)35)17-29-31(38)36(33(40)42-29)18-21-10-11-22-6-2-3-7-24(22)16-21/h2-17,19H,18,20H2,1H3,(H,34,37)/b29-17-. The number of nitrogens with zero attached hydrogens (tertiary/aromatic N) is 2. The van der Waals surface area contributed by atoms with Crippen LogP contribution in [-0.4, -0.2) is 39.6 Å². The number of benzene rings is 4. The molecule has 5 aromatic rings. The number of nitrogens with one attached hydrogen (secondary N) is 1. The number of rotatable bonds is 7. The predicted octanol–water partition coefficient (Wildman–Crippen LogP) is 6.46. The number of hydrogen-bond donors (Lipinski definition) is 1. The molecule has 0 radical (unpaired) electrons. The molecule has 0 aliphatic carbocycles. The topological polar surface area (TPSA) is 97.7 Å². The summed E-state index contributed by atoms with van der Waals surface area (Å²) < 4.78 is 6.51. The maximum absolute atomic E-state index is 13.3. The minimum absolute atomic E-state index is 0.0244. The number of fused-ring (bicyclic) bond motifs is 2. The number of esters is 1. The summed E-state index contributed by atoms with van der Waals surface area (Å²) in [5.41, 5.74) is 3.36. The zero-order chi connectivity index (χ0) is 29.2. The largest absolute Gasteiger partial charge is 0.465 e. The van der Waals surface area contributed by atoms with Gasteiger partial charge in [-0.25, -0.2) is 4.79 Å². The van der Waals surface area contributed by atoms with Crippen molar-refractivity contribution in [3.05, 3.63) is 119 Å². The number of carbonyl (C=O) groups is 4. The van der Waals surface area contributed by atoms with Gasteiger partial charge in [-0.3, -0.25) is 19.3 Å². The Morgan fingerprint density at radius 1 is 0.905 bits per heavy atom. The fraction of sp³-hybridized carbons (Fsp3) is 0.0909. The van der Waals surface area contributed by atoms with Crippen molar-refractivity contribution in [1.82, 2.24) is 9.47 Å². The Bertz CT molecular complexity index is 1910. The van der Waals surface area contributed by atoms with Crippen molar-refractivity contribution in [3.63, 3.8) is 0 Å². The predicted molar refractivity (Wildman–Crippen MR) is 164 cm³/mol. The third-order valence-corrected chi connectivity index (χ3v) is 7.95. The molecule has 6 rings (SSSR count). The highest BCUT2D eigenvalue weighted by Crippen LogP contribution is 2.35. The summed E-state index contributed by atoms with van der Waals surface area (Å²) in [5, 5.41) is 5.52. The van der Waals surface area contributed by atoms with Crippen molar-refractivity contribution >= 4 is 68.2 Å². The van der Waals surface area contributed by atoms with E-state index >= 15 is 0 Å². The molecular formula is C33H25N3O5S. The Labute approximate surface area is 245 Å². The van der Waals surface area contributed by atoms with Gasteiger partial charge in [-0.1, -0.05) is 54.6 Å². The SMILES string of the molecule is COC(=O)c1ccc(NC(=O)Cn2cc(/C=C3\SC(=O)N(Cc4ccc5ccccc5c4)C3=O)c3ccccc32)cc1. The summed E-state index contributed by atoms with van der Waals surface area (Å²) >= 11 is 0.915. The molecule has 3 amide bonds. The lowest BCUT2D eigenvalue weighted by atomic mass is 10.1. The van der Waals surface area contributed by atoms with Crippen molar-refractivity contribution in [2.45, 2.75) is 13.1 Å². The molecule has 1 N–H and O–H groups in total. The van der Waals surface area contributed by atoms with E-state index in [9.17, 15) is 19.2 Å². The number of thioether (sulfide) groups is 1. The molecule has 208 valence electrons. The lowest BCUT2D eigenvalue weighted by Crippen LogP contribution is -2.27. The molecule has 0 spiro atoms. The highest BCUT2D eigenvalue weighted by molar-refractivity contribution is 8.18. The summed E-state index contributed by atoms with van der Waals surface area (Å²) in [6.07, 6.45) is 3.52. The van der Waals surface area contributed by atoms with Gasteiger partial charge in [-0.15, -0.1) is 0 Å². The van der Waals surface area contributed by atoms with Crippen molar-refractivity contribution in [1.29, 1.82) is 0 Å². The van der Waals surface area contributed by atoms with E-state index in [0.29, 0.717) is 16.2 Å². The Kier molecular flexibility index (Phi) is 7.33. The zero-order valence-electron chi connectivity index (χ0n) is 22.6. The van der Waals surface area contributed by atoms with Crippen LogP contribution in [0.3, 0.4) is 0 Å². The molecule has 0 bridgehead atoms. The molecule has 1 fully saturated rings.